The zero-order valence-electron chi connectivity index (χ0n) is 29.9. The van der Waals surface area contributed by atoms with Gasteiger partial charge in [0.05, 0.1) is 0 Å². The Balaban J connectivity index is -0.000000524. The van der Waals surface area contributed by atoms with Crippen molar-refractivity contribution >= 4 is 22.7 Å². The molecule has 0 aliphatic carbocycles. The molecule has 0 bridgehead atoms. The van der Waals surface area contributed by atoms with Crippen molar-refractivity contribution in [3.63, 3.8) is 0 Å². The number of anilines is 4. The number of hydrogen-bond acceptors (Lipinski definition) is 2. The highest BCUT2D eigenvalue weighted by atomic mass is 15.1. The fraction of sp³-hybridized carbons (Fsp3) is 0.286. The molecule has 2 nitrogen and oxygen atoms in total. The van der Waals surface area contributed by atoms with E-state index in [2.05, 4.69) is 121 Å². The summed E-state index contributed by atoms with van der Waals surface area (Å²) in [5, 5.41) is 0. The number of para-hydroxylation sites is 4. The Hall–Kier alpha value is -4.30. The van der Waals surface area contributed by atoms with Gasteiger partial charge in [0.2, 0.25) is 0 Å². The molecule has 0 atom stereocenters. The Morgan fingerprint density at radius 3 is 0.477 bits per heavy atom. The Labute approximate surface area is 273 Å². The summed E-state index contributed by atoms with van der Waals surface area (Å²) in [7, 11) is 4.15. The Kier molecular flexibility index (Phi) is 35.0. The minimum atomic E-state index is 1.21. The van der Waals surface area contributed by atoms with E-state index in [0.717, 1.165) is 0 Å². The van der Waals surface area contributed by atoms with Crippen molar-refractivity contribution in [2.75, 3.05) is 23.9 Å². The third kappa shape index (κ3) is 20.6. The molecule has 2 heteroatoms. The summed E-state index contributed by atoms with van der Waals surface area (Å²) in [6.45, 7) is 20.0. The number of nitrogens with zero attached hydrogens (tertiary/aromatic N) is 2. The fourth-order valence-electron chi connectivity index (χ4n) is 3.29. The maximum atomic E-state index is 2.17. The molecule has 0 aliphatic rings. The van der Waals surface area contributed by atoms with Crippen LogP contribution in [0.3, 0.4) is 0 Å². The van der Waals surface area contributed by atoms with Crippen LogP contribution in [0.1, 0.15) is 69.2 Å². The molecule has 0 fully saturated rings. The zero-order chi connectivity index (χ0) is 33.8. The molecule has 0 saturated heterocycles. The van der Waals surface area contributed by atoms with Crippen LogP contribution in [0.2, 0.25) is 0 Å². The molecule has 240 valence electrons. The van der Waals surface area contributed by atoms with Gasteiger partial charge in [-0.15, -0.1) is 0 Å². The molecule has 5 aromatic rings. The molecule has 0 aromatic heterocycles. The molecule has 0 amide bonds. The first-order valence-corrected chi connectivity index (χ1v) is 16.4. The lowest BCUT2D eigenvalue weighted by molar-refractivity contribution is 1.21. The van der Waals surface area contributed by atoms with E-state index in [1.165, 1.54) is 22.7 Å². The molecular formula is C42H62N2. The minimum Gasteiger partial charge on any atom is -0.345 e. The van der Waals surface area contributed by atoms with Crippen LogP contribution in [0.25, 0.3) is 0 Å². The molecule has 5 rings (SSSR count). The Bertz CT molecular complexity index is 960. The van der Waals surface area contributed by atoms with Gasteiger partial charge in [0.1, 0.15) is 0 Å². The van der Waals surface area contributed by atoms with Crippen LogP contribution in [-0.2, 0) is 0 Å². The van der Waals surface area contributed by atoms with Crippen LogP contribution >= 0.6 is 0 Å². The molecule has 0 heterocycles. The van der Waals surface area contributed by atoms with Crippen LogP contribution in [0.4, 0.5) is 22.7 Å². The smallest absolute Gasteiger partial charge is 0.0408 e. The van der Waals surface area contributed by atoms with Crippen molar-refractivity contribution in [1.29, 1.82) is 0 Å². The standard InChI is InChI=1S/2C13H13N.C6H6.5C2H6/c2*1-14(12-8-4-2-5-9-12)13-10-6-3-7-11-13;1-2-4-6-5-3-1;5*1-2/h2*2-11H,1H3;1-6H;5*1-2H3. The third-order valence-corrected chi connectivity index (χ3v) is 5.24. The van der Waals surface area contributed by atoms with E-state index < -0.39 is 0 Å². The second-order valence-electron chi connectivity index (χ2n) is 7.61. The predicted molar refractivity (Wildman–Crippen MR) is 205 cm³/mol. The average molecular weight is 595 g/mol. The average Bonchev–Trinajstić information content (AvgIpc) is 3.18. The van der Waals surface area contributed by atoms with Crippen LogP contribution in [0.15, 0.2) is 158 Å². The van der Waals surface area contributed by atoms with E-state index in [1.54, 1.807) is 0 Å². The van der Waals surface area contributed by atoms with Gasteiger partial charge in [-0.2, -0.15) is 0 Å². The molecule has 44 heavy (non-hydrogen) atoms. The van der Waals surface area contributed by atoms with E-state index >= 15 is 0 Å². The highest BCUT2D eigenvalue weighted by Crippen LogP contribution is 2.22. The SMILES string of the molecule is CC.CC.CC.CC.CC.CN(c1ccccc1)c1ccccc1.CN(c1ccccc1)c1ccccc1.c1ccccc1. The van der Waals surface area contributed by atoms with Gasteiger partial charge in [-0.1, -0.05) is 178 Å². The third-order valence-electron chi connectivity index (χ3n) is 5.24. The lowest BCUT2D eigenvalue weighted by Gasteiger charge is -2.18. The molecule has 0 N–H and O–H groups in total. The van der Waals surface area contributed by atoms with Gasteiger partial charge in [-0.25, -0.2) is 0 Å². The first-order chi connectivity index (χ1) is 21.8. The molecule has 0 saturated carbocycles. The minimum absolute atomic E-state index is 1.21. The maximum Gasteiger partial charge on any atom is 0.0408 e. The molecule has 5 aromatic carbocycles. The van der Waals surface area contributed by atoms with Gasteiger partial charge >= 0.3 is 0 Å². The Morgan fingerprint density at radius 2 is 0.341 bits per heavy atom. The van der Waals surface area contributed by atoms with Crippen molar-refractivity contribution in [3.8, 4) is 0 Å². The van der Waals surface area contributed by atoms with Gasteiger partial charge in [0, 0.05) is 36.8 Å². The number of rotatable bonds is 4. The molecule has 0 spiro atoms. The lowest BCUT2D eigenvalue weighted by Crippen LogP contribution is -2.08. The van der Waals surface area contributed by atoms with Crippen molar-refractivity contribution in [1.82, 2.24) is 0 Å². The summed E-state index contributed by atoms with van der Waals surface area (Å²) in [5.41, 5.74) is 4.83. The van der Waals surface area contributed by atoms with E-state index in [4.69, 9.17) is 0 Å². The van der Waals surface area contributed by atoms with E-state index in [1.807, 2.05) is 130 Å². The summed E-state index contributed by atoms with van der Waals surface area (Å²) in [6.07, 6.45) is 0. The number of benzene rings is 5. The van der Waals surface area contributed by atoms with Gasteiger partial charge in [0.25, 0.3) is 0 Å². The van der Waals surface area contributed by atoms with Crippen LogP contribution in [0, 0.1) is 0 Å². The molecule has 0 unspecified atom stereocenters. The van der Waals surface area contributed by atoms with E-state index in [0.29, 0.717) is 0 Å². The second-order valence-corrected chi connectivity index (χ2v) is 7.61. The largest absolute Gasteiger partial charge is 0.345 e. The molecule has 0 radical (unpaired) electrons. The summed E-state index contributed by atoms with van der Waals surface area (Å²) in [6, 6.07) is 53.4. The van der Waals surface area contributed by atoms with Gasteiger partial charge < -0.3 is 9.80 Å². The summed E-state index contributed by atoms with van der Waals surface area (Å²) in [5.74, 6) is 0. The predicted octanol–water partition coefficient (Wildman–Crippen LogP) is 13.7. The van der Waals surface area contributed by atoms with Crippen molar-refractivity contribution in [2.45, 2.75) is 69.2 Å². The van der Waals surface area contributed by atoms with E-state index in [9.17, 15) is 0 Å². The molecular weight excluding hydrogens is 532 g/mol. The monoisotopic (exact) mass is 594 g/mol. The van der Waals surface area contributed by atoms with Gasteiger partial charge in [-0.05, 0) is 48.5 Å². The maximum absolute atomic E-state index is 2.17. The van der Waals surface area contributed by atoms with E-state index in [-0.39, 0.29) is 0 Å². The van der Waals surface area contributed by atoms with Gasteiger partial charge in [0.15, 0.2) is 0 Å². The van der Waals surface area contributed by atoms with Gasteiger partial charge in [-0.3, -0.25) is 0 Å². The summed E-state index contributed by atoms with van der Waals surface area (Å²) >= 11 is 0. The van der Waals surface area contributed by atoms with Crippen molar-refractivity contribution in [2.24, 2.45) is 0 Å². The fourth-order valence-corrected chi connectivity index (χ4v) is 3.29. The first-order valence-electron chi connectivity index (χ1n) is 16.4. The second kappa shape index (κ2) is 34.9. The summed E-state index contributed by atoms with van der Waals surface area (Å²) < 4.78 is 0. The topological polar surface area (TPSA) is 6.48 Å². The van der Waals surface area contributed by atoms with Crippen LogP contribution < -0.4 is 9.80 Å². The first kappa shape index (κ1) is 44.1. The van der Waals surface area contributed by atoms with Crippen LogP contribution in [0.5, 0.6) is 0 Å². The summed E-state index contributed by atoms with van der Waals surface area (Å²) in [4.78, 5) is 4.33. The highest BCUT2D eigenvalue weighted by molar-refractivity contribution is 5.62. The number of hydrogen-bond donors (Lipinski definition) is 0. The normalized spacial score (nSPS) is 8.00. The zero-order valence-corrected chi connectivity index (χ0v) is 29.9. The lowest BCUT2D eigenvalue weighted by atomic mass is 10.2. The Morgan fingerprint density at radius 1 is 0.227 bits per heavy atom. The quantitative estimate of drug-likeness (QED) is 0.204. The van der Waals surface area contributed by atoms with Crippen LogP contribution in [-0.4, -0.2) is 14.1 Å². The molecule has 0 aliphatic heterocycles. The van der Waals surface area contributed by atoms with Crippen molar-refractivity contribution < 1.29 is 0 Å². The van der Waals surface area contributed by atoms with Crippen molar-refractivity contribution in [3.05, 3.63) is 158 Å². The highest BCUT2D eigenvalue weighted by Gasteiger charge is 2.01.